The SMILES string of the molecule is O=C(CCCN1C(=O)NC2(CCCC2)C1=O)NCC1CCCO1. The number of hydrogen-bond donors (Lipinski definition) is 2. The molecule has 1 aliphatic carbocycles. The maximum Gasteiger partial charge on any atom is 0.325 e. The molecule has 1 spiro atoms. The summed E-state index contributed by atoms with van der Waals surface area (Å²) in [4.78, 5) is 37.5. The van der Waals surface area contributed by atoms with E-state index in [2.05, 4.69) is 10.6 Å². The van der Waals surface area contributed by atoms with E-state index in [1.807, 2.05) is 0 Å². The van der Waals surface area contributed by atoms with Crippen LogP contribution in [0.5, 0.6) is 0 Å². The summed E-state index contributed by atoms with van der Waals surface area (Å²) in [7, 11) is 0. The van der Waals surface area contributed by atoms with E-state index in [9.17, 15) is 14.4 Å². The van der Waals surface area contributed by atoms with Crippen molar-refractivity contribution in [1.29, 1.82) is 0 Å². The number of hydrogen-bond acceptors (Lipinski definition) is 4. The van der Waals surface area contributed by atoms with Gasteiger partial charge in [-0.25, -0.2) is 4.79 Å². The first-order chi connectivity index (χ1) is 11.1. The number of amides is 4. The van der Waals surface area contributed by atoms with Crippen molar-refractivity contribution < 1.29 is 19.1 Å². The van der Waals surface area contributed by atoms with Crippen LogP contribution >= 0.6 is 0 Å². The van der Waals surface area contributed by atoms with E-state index in [1.165, 1.54) is 4.90 Å². The zero-order chi connectivity index (χ0) is 16.3. The molecule has 2 saturated heterocycles. The van der Waals surface area contributed by atoms with Gasteiger partial charge in [-0.2, -0.15) is 0 Å². The highest BCUT2D eigenvalue weighted by Gasteiger charge is 2.51. The Morgan fingerprint density at radius 2 is 2.09 bits per heavy atom. The summed E-state index contributed by atoms with van der Waals surface area (Å²) in [6.07, 6.45) is 6.40. The molecule has 2 heterocycles. The number of nitrogens with zero attached hydrogens (tertiary/aromatic N) is 1. The summed E-state index contributed by atoms with van der Waals surface area (Å²) in [6, 6.07) is -0.309. The maximum absolute atomic E-state index is 12.4. The lowest BCUT2D eigenvalue weighted by atomic mass is 9.98. The van der Waals surface area contributed by atoms with Crippen LogP contribution in [0.3, 0.4) is 0 Å². The minimum Gasteiger partial charge on any atom is -0.376 e. The average molecular weight is 323 g/mol. The van der Waals surface area contributed by atoms with Gasteiger partial charge in [-0.05, 0) is 32.1 Å². The van der Waals surface area contributed by atoms with Crippen LogP contribution in [0.25, 0.3) is 0 Å². The molecule has 2 N–H and O–H groups in total. The molecule has 7 nitrogen and oxygen atoms in total. The smallest absolute Gasteiger partial charge is 0.325 e. The lowest BCUT2D eigenvalue weighted by Crippen LogP contribution is -2.44. The average Bonchev–Trinajstić information content (AvgIpc) is 3.24. The van der Waals surface area contributed by atoms with Crippen LogP contribution in [0.2, 0.25) is 0 Å². The predicted octanol–water partition coefficient (Wildman–Crippen LogP) is 0.926. The molecule has 0 aromatic carbocycles. The molecule has 0 aromatic heterocycles. The van der Waals surface area contributed by atoms with Gasteiger partial charge in [0, 0.05) is 26.1 Å². The van der Waals surface area contributed by atoms with Crippen LogP contribution < -0.4 is 10.6 Å². The molecule has 1 saturated carbocycles. The van der Waals surface area contributed by atoms with E-state index in [1.54, 1.807) is 0 Å². The third-order valence-corrected chi connectivity index (χ3v) is 5.04. The van der Waals surface area contributed by atoms with Crippen molar-refractivity contribution in [3.05, 3.63) is 0 Å². The van der Waals surface area contributed by atoms with E-state index < -0.39 is 5.54 Å². The fourth-order valence-corrected chi connectivity index (χ4v) is 3.72. The van der Waals surface area contributed by atoms with E-state index in [0.717, 1.165) is 45.1 Å². The Bertz CT molecular complexity index is 482. The van der Waals surface area contributed by atoms with Crippen LogP contribution in [0.4, 0.5) is 4.79 Å². The zero-order valence-corrected chi connectivity index (χ0v) is 13.4. The maximum atomic E-state index is 12.4. The van der Waals surface area contributed by atoms with Gasteiger partial charge in [0.25, 0.3) is 5.91 Å². The van der Waals surface area contributed by atoms with Gasteiger partial charge in [-0.1, -0.05) is 12.8 Å². The number of carbonyl (C=O) groups is 3. The Balaban J connectivity index is 1.39. The third-order valence-electron chi connectivity index (χ3n) is 5.04. The summed E-state index contributed by atoms with van der Waals surface area (Å²) in [5, 5.41) is 5.70. The molecule has 3 rings (SSSR count). The molecule has 1 atom stereocenters. The van der Waals surface area contributed by atoms with Gasteiger partial charge in [-0.15, -0.1) is 0 Å². The van der Waals surface area contributed by atoms with Gasteiger partial charge in [0.15, 0.2) is 0 Å². The Morgan fingerprint density at radius 1 is 1.30 bits per heavy atom. The van der Waals surface area contributed by atoms with Crippen LogP contribution in [-0.2, 0) is 14.3 Å². The van der Waals surface area contributed by atoms with Crippen LogP contribution in [0.15, 0.2) is 0 Å². The fourth-order valence-electron chi connectivity index (χ4n) is 3.72. The van der Waals surface area contributed by atoms with Crippen LogP contribution in [0, 0.1) is 0 Å². The number of urea groups is 1. The fraction of sp³-hybridized carbons (Fsp3) is 0.812. The zero-order valence-electron chi connectivity index (χ0n) is 13.4. The van der Waals surface area contributed by atoms with E-state index in [0.29, 0.717) is 25.9 Å². The molecule has 2 aliphatic heterocycles. The topological polar surface area (TPSA) is 87.7 Å². The summed E-state index contributed by atoms with van der Waals surface area (Å²) in [6.45, 7) is 1.62. The van der Waals surface area contributed by atoms with Crippen molar-refractivity contribution in [1.82, 2.24) is 15.5 Å². The second-order valence-corrected chi connectivity index (χ2v) is 6.72. The molecule has 3 fully saturated rings. The van der Waals surface area contributed by atoms with E-state index in [4.69, 9.17) is 4.74 Å². The Kier molecular flexibility index (Phi) is 4.84. The lowest BCUT2D eigenvalue weighted by Gasteiger charge is -2.20. The molecule has 1 unspecified atom stereocenters. The molecule has 7 heteroatoms. The van der Waals surface area contributed by atoms with Gasteiger partial charge in [0.05, 0.1) is 6.10 Å². The van der Waals surface area contributed by atoms with Crippen molar-refractivity contribution >= 4 is 17.8 Å². The monoisotopic (exact) mass is 323 g/mol. The summed E-state index contributed by atoms with van der Waals surface area (Å²) in [5.74, 6) is -0.164. The standard InChI is InChI=1S/C16H25N3O4/c20-13(17-11-12-5-4-10-23-12)6-3-9-19-14(21)16(18-15(19)22)7-1-2-8-16/h12H,1-11H2,(H,17,20)(H,18,22). The van der Waals surface area contributed by atoms with Crippen LogP contribution in [-0.4, -0.2) is 54.1 Å². The van der Waals surface area contributed by atoms with Gasteiger partial charge < -0.3 is 15.4 Å². The molecule has 128 valence electrons. The number of nitrogens with one attached hydrogen (secondary N) is 2. The highest BCUT2D eigenvalue weighted by atomic mass is 16.5. The highest BCUT2D eigenvalue weighted by Crippen LogP contribution is 2.35. The summed E-state index contributed by atoms with van der Waals surface area (Å²) < 4.78 is 5.45. The van der Waals surface area contributed by atoms with Gasteiger partial charge in [0.1, 0.15) is 5.54 Å². The lowest BCUT2D eigenvalue weighted by molar-refractivity contribution is -0.131. The van der Waals surface area contributed by atoms with Crippen molar-refractivity contribution in [3.8, 4) is 0 Å². The van der Waals surface area contributed by atoms with Gasteiger partial charge in [-0.3, -0.25) is 14.5 Å². The molecular weight excluding hydrogens is 298 g/mol. The Morgan fingerprint density at radius 3 is 2.78 bits per heavy atom. The first kappa shape index (κ1) is 16.2. The normalized spacial score (nSPS) is 26.1. The highest BCUT2D eigenvalue weighted by molar-refractivity contribution is 6.07. The molecule has 0 bridgehead atoms. The third kappa shape index (κ3) is 3.49. The summed E-state index contributed by atoms with van der Waals surface area (Å²) >= 11 is 0. The molecular formula is C16H25N3O4. The minimum absolute atomic E-state index is 0.0527. The molecule has 23 heavy (non-hydrogen) atoms. The number of ether oxygens (including phenoxy) is 1. The summed E-state index contributed by atoms with van der Waals surface area (Å²) in [5.41, 5.74) is -0.654. The molecule has 0 aromatic rings. The second-order valence-electron chi connectivity index (χ2n) is 6.72. The van der Waals surface area contributed by atoms with Gasteiger partial charge >= 0.3 is 6.03 Å². The number of rotatable bonds is 6. The van der Waals surface area contributed by atoms with Crippen molar-refractivity contribution in [2.24, 2.45) is 0 Å². The van der Waals surface area contributed by atoms with Gasteiger partial charge in [0.2, 0.25) is 5.91 Å². The van der Waals surface area contributed by atoms with Crippen LogP contribution in [0.1, 0.15) is 51.4 Å². The first-order valence-electron chi connectivity index (χ1n) is 8.63. The second kappa shape index (κ2) is 6.86. The van der Waals surface area contributed by atoms with Crippen molar-refractivity contribution in [3.63, 3.8) is 0 Å². The molecule has 0 radical (unpaired) electrons. The first-order valence-corrected chi connectivity index (χ1v) is 8.63. The van der Waals surface area contributed by atoms with E-state index in [-0.39, 0.29) is 23.9 Å². The minimum atomic E-state index is -0.654. The quantitative estimate of drug-likeness (QED) is 0.712. The largest absolute Gasteiger partial charge is 0.376 e. The van der Waals surface area contributed by atoms with Crippen molar-refractivity contribution in [2.45, 2.75) is 63.0 Å². The number of carbonyl (C=O) groups excluding carboxylic acids is 3. The number of imide groups is 1. The Hall–Kier alpha value is -1.63. The molecule has 3 aliphatic rings. The van der Waals surface area contributed by atoms with E-state index >= 15 is 0 Å². The predicted molar refractivity (Wildman–Crippen MR) is 82.7 cm³/mol. The molecule has 4 amide bonds. The Labute approximate surface area is 136 Å². The van der Waals surface area contributed by atoms with Crippen molar-refractivity contribution in [2.75, 3.05) is 19.7 Å².